The standard InChI is InChI=1S/C28H28FN3O3/c29-24-13-5-3-12-23(24)27(28(34)31-20-8-1-2-9-20)32(18-21-10-7-15-35-21)26(33)16-19-17-30-25-14-6-4-11-22(19)25/h3-7,10-15,17,20,27,30H,1-2,8-9,16,18H2,(H,31,34). The van der Waals surface area contributed by atoms with Gasteiger partial charge in [0.05, 0.1) is 19.2 Å². The molecular weight excluding hydrogens is 445 g/mol. The summed E-state index contributed by atoms with van der Waals surface area (Å²) in [6, 6.07) is 16.3. The van der Waals surface area contributed by atoms with Crippen molar-refractivity contribution in [2.24, 2.45) is 0 Å². The summed E-state index contributed by atoms with van der Waals surface area (Å²) in [6.45, 7) is 0.0469. The molecule has 1 aliphatic rings. The van der Waals surface area contributed by atoms with Gasteiger partial charge in [0.25, 0.3) is 0 Å². The Labute approximate surface area is 203 Å². The molecule has 2 aromatic carbocycles. The molecule has 1 atom stereocenters. The van der Waals surface area contributed by atoms with E-state index in [-0.39, 0.29) is 36.4 Å². The molecule has 0 saturated heterocycles. The summed E-state index contributed by atoms with van der Waals surface area (Å²) in [7, 11) is 0. The summed E-state index contributed by atoms with van der Waals surface area (Å²) in [4.78, 5) is 32.1. The maximum atomic E-state index is 15.1. The Morgan fingerprint density at radius 3 is 2.60 bits per heavy atom. The van der Waals surface area contributed by atoms with E-state index in [4.69, 9.17) is 4.42 Å². The van der Waals surface area contributed by atoms with Crippen LogP contribution in [0.15, 0.2) is 77.5 Å². The Morgan fingerprint density at radius 2 is 1.83 bits per heavy atom. The highest BCUT2D eigenvalue weighted by Gasteiger charge is 2.35. The average Bonchev–Trinajstić information content (AvgIpc) is 3.63. The van der Waals surface area contributed by atoms with Gasteiger partial charge in [-0.05, 0) is 42.7 Å². The summed E-state index contributed by atoms with van der Waals surface area (Å²) in [5.74, 6) is -0.669. The molecule has 0 bridgehead atoms. The summed E-state index contributed by atoms with van der Waals surface area (Å²) < 4.78 is 20.6. The van der Waals surface area contributed by atoms with Crippen LogP contribution in [-0.2, 0) is 22.6 Å². The van der Waals surface area contributed by atoms with E-state index < -0.39 is 11.9 Å². The second kappa shape index (κ2) is 10.2. The van der Waals surface area contributed by atoms with Crippen LogP contribution in [0.25, 0.3) is 10.9 Å². The largest absolute Gasteiger partial charge is 0.467 e. The van der Waals surface area contributed by atoms with E-state index in [0.29, 0.717) is 5.76 Å². The number of benzene rings is 2. The molecule has 35 heavy (non-hydrogen) atoms. The summed E-state index contributed by atoms with van der Waals surface area (Å²) in [6.07, 6.45) is 7.26. The predicted octanol–water partition coefficient (Wildman–Crippen LogP) is 5.27. The van der Waals surface area contributed by atoms with Gasteiger partial charge in [-0.1, -0.05) is 49.2 Å². The number of halogens is 1. The van der Waals surface area contributed by atoms with Gasteiger partial charge in [0.15, 0.2) is 0 Å². The van der Waals surface area contributed by atoms with Crippen molar-refractivity contribution in [1.29, 1.82) is 0 Å². The molecule has 4 aromatic rings. The first-order valence-electron chi connectivity index (χ1n) is 12.0. The molecule has 1 aliphatic carbocycles. The fourth-order valence-corrected chi connectivity index (χ4v) is 4.93. The minimum atomic E-state index is -1.13. The third-order valence-electron chi connectivity index (χ3n) is 6.70. The van der Waals surface area contributed by atoms with Crippen molar-refractivity contribution in [3.05, 3.63) is 95.8 Å². The molecule has 180 valence electrons. The van der Waals surface area contributed by atoms with Crippen LogP contribution >= 0.6 is 0 Å². The number of H-pyrrole nitrogens is 1. The summed E-state index contributed by atoms with van der Waals surface area (Å²) in [5, 5.41) is 4.01. The van der Waals surface area contributed by atoms with Crippen LogP contribution in [0.2, 0.25) is 0 Å². The smallest absolute Gasteiger partial charge is 0.247 e. The van der Waals surface area contributed by atoms with Crippen molar-refractivity contribution in [2.45, 2.75) is 50.7 Å². The second-order valence-corrected chi connectivity index (χ2v) is 9.05. The van der Waals surface area contributed by atoms with Gasteiger partial charge in [0.2, 0.25) is 11.8 Å². The summed E-state index contributed by atoms with van der Waals surface area (Å²) in [5.41, 5.74) is 1.91. The maximum Gasteiger partial charge on any atom is 0.247 e. The van der Waals surface area contributed by atoms with Crippen LogP contribution in [0.5, 0.6) is 0 Å². The third kappa shape index (κ3) is 4.99. The lowest BCUT2D eigenvalue weighted by molar-refractivity contribution is -0.141. The van der Waals surface area contributed by atoms with Gasteiger partial charge in [-0.3, -0.25) is 9.59 Å². The van der Waals surface area contributed by atoms with E-state index in [0.717, 1.165) is 42.1 Å². The fraction of sp³-hybridized carbons (Fsp3) is 0.286. The number of aromatic nitrogens is 1. The number of carbonyl (C=O) groups excluding carboxylic acids is 2. The Morgan fingerprint density at radius 1 is 1.06 bits per heavy atom. The number of fused-ring (bicyclic) bond motifs is 1. The highest BCUT2D eigenvalue weighted by atomic mass is 19.1. The van der Waals surface area contributed by atoms with Crippen molar-refractivity contribution in [3.8, 4) is 0 Å². The molecule has 2 N–H and O–H groups in total. The van der Waals surface area contributed by atoms with Crippen LogP contribution in [0.1, 0.15) is 48.6 Å². The van der Waals surface area contributed by atoms with Crippen LogP contribution in [0, 0.1) is 5.82 Å². The van der Waals surface area contributed by atoms with Gasteiger partial charge < -0.3 is 19.6 Å². The lowest BCUT2D eigenvalue weighted by Gasteiger charge is -2.32. The SMILES string of the molecule is O=C(NC1CCCC1)C(c1ccccc1F)N(Cc1ccco1)C(=O)Cc1c[nH]c2ccccc12. The molecule has 7 heteroatoms. The lowest BCUT2D eigenvalue weighted by atomic mass is 10.0. The van der Waals surface area contributed by atoms with Crippen molar-refractivity contribution in [2.75, 3.05) is 0 Å². The zero-order valence-electron chi connectivity index (χ0n) is 19.4. The van der Waals surface area contributed by atoms with Gasteiger partial charge in [0.1, 0.15) is 17.6 Å². The van der Waals surface area contributed by atoms with E-state index >= 15 is 4.39 Å². The number of hydrogen-bond donors (Lipinski definition) is 2. The Hall–Kier alpha value is -3.87. The Kier molecular flexibility index (Phi) is 6.66. The minimum Gasteiger partial charge on any atom is -0.467 e. The van der Waals surface area contributed by atoms with Gasteiger partial charge in [-0.2, -0.15) is 0 Å². The van der Waals surface area contributed by atoms with Gasteiger partial charge in [0, 0.05) is 28.7 Å². The van der Waals surface area contributed by atoms with Gasteiger partial charge >= 0.3 is 0 Å². The monoisotopic (exact) mass is 473 g/mol. The normalized spacial score (nSPS) is 14.8. The molecule has 5 rings (SSSR count). The highest BCUT2D eigenvalue weighted by molar-refractivity contribution is 5.92. The molecule has 1 fully saturated rings. The number of para-hydroxylation sites is 1. The van der Waals surface area contributed by atoms with Crippen LogP contribution in [0.3, 0.4) is 0 Å². The zero-order valence-corrected chi connectivity index (χ0v) is 19.4. The second-order valence-electron chi connectivity index (χ2n) is 9.05. The van der Waals surface area contributed by atoms with Crippen LogP contribution in [0.4, 0.5) is 4.39 Å². The van der Waals surface area contributed by atoms with Crippen molar-refractivity contribution >= 4 is 22.7 Å². The number of nitrogens with zero attached hydrogens (tertiary/aromatic N) is 1. The first-order chi connectivity index (χ1) is 17.1. The lowest BCUT2D eigenvalue weighted by Crippen LogP contribution is -2.46. The number of amides is 2. The van der Waals surface area contributed by atoms with Crippen molar-refractivity contribution < 1.29 is 18.4 Å². The predicted molar refractivity (Wildman–Crippen MR) is 131 cm³/mol. The molecular formula is C28H28FN3O3. The minimum absolute atomic E-state index is 0.0333. The zero-order chi connectivity index (χ0) is 24.2. The van der Waals surface area contributed by atoms with Gasteiger partial charge in [-0.15, -0.1) is 0 Å². The highest BCUT2D eigenvalue weighted by Crippen LogP contribution is 2.29. The molecule has 2 amide bonds. The quantitative estimate of drug-likeness (QED) is 0.366. The molecule has 6 nitrogen and oxygen atoms in total. The number of carbonyl (C=O) groups is 2. The topological polar surface area (TPSA) is 78.3 Å². The first kappa shape index (κ1) is 22.9. The summed E-state index contributed by atoms with van der Waals surface area (Å²) >= 11 is 0. The maximum absolute atomic E-state index is 15.1. The third-order valence-corrected chi connectivity index (χ3v) is 6.70. The van der Waals surface area contributed by atoms with Gasteiger partial charge in [-0.25, -0.2) is 4.39 Å². The molecule has 0 aliphatic heterocycles. The molecule has 1 saturated carbocycles. The number of hydrogen-bond acceptors (Lipinski definition) is 3. The van der Waals surface area contributed by atoms with Crippen LogP contribution in [-0.4, -0.2) is 27.7 Å². The van der Waals surface area contributed by atoms with E-state index in [1.54, 1.807) is 30.3 Å². The van der Waals surface area contributed by atoms with Crippen LogP contribution < -0.4 is 5.32 Å². The van der Waals surface area contributed by atoms with Crippen molar-refractivity contribution in [1.82, 2.24) is 15.2 Å². The molecule has 2 aromatic heterocycles. The number of rotatable bonds is 8. The van der Waals surface area contributed by atoms with E-state index in [1.807, 2.05) is 30.5 Å². The van der Waals surface area contributed by atoms with Crippen molar-refractivity contribution in [3.63, 3.8) is 0 Å². The van der Waals surface area contributed by atoms with E-state index in [9.17, 15) is 9.59 Å². The van der Waals surface area contributed by atoms with E-state index in [2.05, 4.69) is 10.3 Å². The molecule has 2 heterocycles. The number of furan rings is 1. The Balaban J connectivity index is 1.52. The van der Waals surface area contributed by atoms with E-state index in [1.165, 1.54) is 17.2 Å². The molecule has 0 radical (unpaired) electrons. The molecule has 0 spiro atoms. The average molecular weight is 474 g/mol. The Bertz CT molecular complexity index is 1310. The number of aromatic amines is 1. The number of nitrogens with one attached hydrogen (secondary N) is 2. The molecule has 1 unspecified atom stereocenters. The fourth-order valence-electron chi connectivity index (χ4n) is 4.93. The first-order valence-corrected chi connectivity index (χ1v) is 12.0.